The molecule has 1 aromatic rings. The second-order valence-corrected chi connectivity index (χ2v) is 3.00. The summed E-state index contributed by atoms with van der Waals surface area (Å²) < 4.78 is 0. The summed E-state index contributed by atoms with van der Waals surface area (Å²) in [5, 5.41) is 0. The molecule has 0 atom stereocenters. The van der Waals surface area contributed by atoms with Gasteiger partial charge in [0.15, 0.2) is 5.78 Å². The van der Waals surface area contributed by atoms with E-state index in [9.17, 15) is 9.59 Å². The molecule has 1 rings (SSSR count). The topological polar surface area (TPSA) is 34.1 Å². The van der Waals surface area contributed by atoms with Crippen LogP contribution in [-0.4, -0.2) is 11.7 Å². The van der Waals surface area contributed by atoms with E-state index in [2.05, 4.69) is 0 Å². The number of unbranched alkanes of at least 4 members (excludes halogenated alkanes) is 1. The Hall–Kier alpha value is -1.66. The monoisotopic (exact) mass is 188 g/mol. The summed E-state index contributed by atoms with van der Waals surface area (Å²) in [5.74, 6) is 1.82. The van der Waals surface area contributed by atoms with Gasteiger partial charge in [0.05, 0.1) is 0 Å². The first-order chi connectivity index (χ1) is 6.84. The number of rotatable bonds is 5. The first-order valence-electron chi connectivity index (χ1n) is 4.62. The number of ketones is 1. The number of hydrogen-bond acceptors (Lipinski definition) is 2. The molecule has 0 spiro atoms. The van der Waals surface area contributed by atoms with Gasteiger partial charge in [-0.2, -0.15) is 0 Å². The highest BCUT2D eigenvalue weighted by Gasteiger charge is 2.02. The van der Waals surface area contributed by atoms with Gasteiger partial charge in [0.2, 0.25) is 0 Å². The van der Waals surface area contributed by atoms with E-state index < -0.39 is 0 Å². The number of hydrogen-bond donors (Lipinski definition) is 0. The van der Waals surface area contributed by atoms with Gasteiger partial charge in [-0.1, -0.05) is 30.3 Å². The van der Waals surface area contributed by atoms with Crippen LogP contribution in [0.15, 0.2) is 36.4 Å². The molecule has 0 heterocycles. The third kappa shape index (κ3) is 3.38. The minimum Gasteiger partial charge on any atom is -0.294 e. The Kier molecular flexibility index (Phi) is 4.39. The predicted octanol–water partition coefficient (Wildman–Crippen LogP) is 2.43. The van der Waals surface area contributed by atoms with E-state index in [1.54, 1.807) is 18.1 Å². The second-order valence-electron chi connectivity index (χ2n) is 3.00. The summed E-state index contributed by atoms with van der Waals surface area (Å²) in [7, 11) is 0. The molecule has 0 radical (unpaired) electrons. The fraction of sp³-hybridized carbons (Fsp3) is 0.250. The van der Waals surface area contributed by atoms with Crippen molar-refractivity contribution in [1.82, 2.24) is 0 Å². The molecule has 0 aliphatic heterocycles. The van der Waals surface area contributed by atoms with Crippen LogP contribution in [-0.2, 0) is 4.79 Å². The summed E-state index contributed by atoms with van der Waals surface area (Å²) >= 11 is 0. The number of Topliss-reactive ketones (excluding diaryl/α,β-unsaturated/α-hetero) is 1. The van der Waals surface area contributed by atoms with Gasteiger partial charge in [-0.3, -0.25) is 4.79 Å². The largest absolute Gasteiger partial charge is 0.294 e. The zero-order chi connectivity index (χ0) is 10.2. The Labute approximate surface area is 83.3 Å². The quantitative estimate of drug-likeness (QED) is 0.404. The van der Waals surface area contributed by atoms with Crippen molar-refractivity contribution in [2.24, 2.45) is 0 Å². The standard InChI is InChI=1S/C12H12O2/c13-10-6-2-5-9-12(14)11-7-3-1-4-8-11/h1,3-4,6-8H,2,5,9H2. The maximum atomic E-state index is 11.5. The lowest BCUT2D eigenvalue weighted by Crippen LogP contribution is -1.97. The van der Waals surface area contributed by atoms with Crippen LogP contribution in [0.2, 0.25) is 0 Å². The summed E-state index contributed by atoms with van der Waals surface area (Å²) in [5.41, 5.74) is 0.739. The molecule has 0 fully saturated rings. The van der Waals surface area contributed by atoms with Gasteiger partial charge in [0, 0.05) is 12.0 Å². The summed E-state index contributed by atoms with van der Waals surface area (Å²) in [6.45, 7) is 0. The third-order valence-corrected chi connectivity index (χ3v) is 1.93. The second kappa shape index (κ2) is 5.90. The van der Waals surface area contributed by atoms with Gasteiger partial charge in [0.25, 0.3) is 0 Å². The molecule has 0 saturated heterocycles. The number of allylic oxidation sites excluding steroid dienone is 1. The van der Waals surface area contributed by atoms with Crippen molar-refractivity contribution in [3.63, 3.8) is 0 Å². The molecule has 0 aliphatic carbocycles. The zero-order valence-corrected chi connectivity index (χ0v) is 7.90. The average molecular weight is 188 g/mol. The molecular weight excluding hydrogens is 176 g/mol. The lowest BCUT2D eigenvalue weighted by molar-refractivity contribution is 0.0980. The van der Waals surface area contributed by atoms with Crippen molar-refractivity contribution in [1.29, 1.82) is 0 Å². The summed E-state index contributed by atoms with van der Waals surface area (Å²) in [6, 6.07) is 9.18. The van der Waals surface area contributed by atoms with Crippen LogP contribution in [0.4, 0.5) is 0 Å². The van der Waals surface area contributed by atoms with E-state index in [0.29, 0.717) is 19.3 Å². The Bertz CT molecular complexity index is 335. The van der Waals surface area contributed by atoms with Crippen molar-refractivity contribution in [2.75, 3.05) is 0 Å². The van der Waals surface area contributed by atoms with E-state index in [1.807, 2.05) is 18.2 Å². The van der Waals surface area contributed by atoms with Gasteiger partial charge >= 0.3 is 0 Å². The fourth-order valence-corrected chi connectivity index (χ4v) is 1.19. The normalized spacial score (nSPS) is 9.14. The molecule has 72 valence electrons. The maximum absolute atomic E-state index is 11.5. The van der Waals surface area contributed by atoms with E-state index in [-0.39, 0.29) is 5.78 Å². The lowest BCUT2D eigenvalue weighted by Gasteiger charge is -1.97. The maximum Gasteiger partial charge on any atom is 0.162 e. The van der Waals surface area contributed by atoms with Crippen molar-refractivity contribution >= 4 is 11.7 Å². The van der Waals surface area contributed by atoms with Crippen LogP contribution in [0.25, 0.3) is 0 Å². The van der Waals surface area contributed by atoms with Gasteiger partial charge in [-0.05, 0) is 18.9 Å². The summed E-state index contributed by atoms with van der Waals surface area (Å²) in [6.07, 6.45) is 3.24. The lowest BCUT2D eigenvalue weighted by atomic mass is 10.1. The highest BCUT2D eigenvalue weighted by atomic mass is 16.1. The summed E-state index contributed by atoms with van der Waals surface area (Å²) in [4.78, 5) is 21.3. The molecule has 0 saturated carbocycles. The predicted molar refractivity (Wildman–Crippen MR) is 54.9 cm³/mol. The van der Waals surface area contributed by atoms with Crippen molar-refractivity contribution in [3.8, 4) is 0 Å². The first-order valence-corrected chi connectivity index (χ1v) is 4.62. The van der Waals surface area contributed by atoms with Crippen LogP contribution < -0.4 is 0 Å². The fourth-order valence-electron chi connectivity index (χ4n) is 1.19. The van der Waals surface area contributed by atoms with E-state index in [1.165, 1.54) is 6.08 Å². The molecule has 14 heavy (non-hydrogen) atoms. The Balaban J connectivity index is 2.40. The van der Waals surface area contributed by atoms with Gasteiger partial charge in [-0.15, -0.1) is 0 Å². The van der Waals surface area contributed by atoms with Crippen LogP contribution in [0, 0.1) is 0 Å². The SMILES string of the molecule is O=C=CCCCC(=O)c1ccccc1. The van der Waals surface area contributed by atoms with Crippen molar-refractivity contribution in [3.05, 3.63) is 42.0 Å². The van der Waals surface area contributed by atoms with Crippen LogP contribution >= 0.6 is 0 Å². The highest BCUT2D eigenvalue weighted by molar-refractivity contribution is 5.95. The minimum absolute atomic E-state index is 0.130. The molecule has 1 aromatic carbocycles. The molecule has 2 heteroatoms. The molecular formula is C12H12O2. The molecule has 0 bridgehead atoms. The molecule has 2 nitrogen and oxygen atoms in total. The Morgan fingerprint density at radius 2 is 2.00 bits per heavy atom. The van der Waals surface area contributed by atoms with Gasteiger partial charge in [0.1, 0.15) is 5.94 Å². The molecule has 0 N–H and O–H groups in total. The Morgan fingerprint density at radius 3 is 2.64 bits per heavy atom. The van der Waals surface area contributed by atoms with Gasteiger partial charge < -0.3 is 0 Å². The zero-order valence-electron chi connectivity index (χ0n) is 7.90. The molecule has 0 unspecified atom stereocenters. The Morgan fingerprint density at radius 1 is 1.29 bits per heavy atom. The smallest absolute Gasteiger partial charge is 0.162 e. The number of carbonyl (C=O) groups is 1. The number of carbonyl (C=O) groups excluding carboxylic acids is 2. The highest BCUT2D eigenvalue weighted by Crippen LogP contribution is 2.06. The van der Waals surface area contributed by atoms with Crippen LogP contribution in [0.5, 0.6) is 0 Å². The van der Waals surface area contributed by atoms with Crippen molar-refractivity contribution < 1.29 is 9.59 Å². The molecule has 0 aromatic heterocycles. The molecule has 0 amide bonds. The minimum atomic E-state index is 0.130. The number of benzene rings is 1. The van der Waals surface area contributed by atoms with Gasteiger partial charge in [-0.25, -0.2) is 4.79 Å². The van der Waals surface area contributed by atoms with E-state index in [4.69, 9.17) is 0 Å². The van der Waals surface area contributed by atoms with E-state index >= 15 is 0 Å². The van der Waals surface area contributed by atoms with Crippen LogP contribution in [0.3, 0.4) is 0 Å². The van der Waals surface area contributed by atoms with E-state index in [0.717, 1.165) is 5.56 Å². The first kappa shape index (κ1) is 10.4. The average Bonchev–Trinajstić information content (AvgIpc) is 2.25. The van der Waals surface area contributed by atoms with Crippen molar-refractivity contribution in [2.45, 2.75) is 19.3 Å². The van der Waals surface area contributed by atoms with Crippen LogP contribution in [0.1, 0.15) is 29.6 Å². The third-order valence-electron chi connectivity index (χ3n) is 1.93. The molecule has 0 aliphatic rings.